The molecule has 2 heterocycles. The molecule has 138 valence electrons. The Morgan fingerprint density at radius 1 is 1.31 bits per heavy atom. The number of hydrogen-bond acceptors (Lipinski definition) is 5. The zero-order valence-corrected chi connectivity index (χ0v) is 14.7. The summed E-state index contributed by atoms with van der Waals surface area (Å²) in [6.07, 6.45) is 9.80. The van der Waals surface area contributed by atoms with Gasteiger partial charge in [-0.15, -0.1) is 0 Å². The van der Waals surface area contributed by atoms with Crippen LogP contribution in [-0.4, -0.2) is 44.0 Å². The van der Waals surface area contributed by atoms with E-state index in [2.05, 4.69) is 20.7 Å². The van der Waals surface area contributed by atoms with E-state index in [9.17, 15) is 9.90 Å². The van der Waals surface area contributed by atoms with E-state index in [1.807, 2.05) is 16.9 Å². The largest absolute Gasteiger partial charge is 0.391 e. The van der Waals surface area contributed by atoms with Gasteiger partial charge in [0.05, 0.1) is 12.1 Å². The molecule has 1 amide bonds. The molecule has 3 N–H and O–H groups in total. The maximum atomic E-state index is 12.6. The Labute approximate surface area is 152 Å². The number of carbonyl (C=O) groups is 1. The first-order valence-electron chi connectivity index (χ1n) is 9.36. The standard InChI is InChI=1S/C19H25N5O2/c25-17-10-13(12-24-8-2-6-21-24)9-16(17)23-19(26)14-5-7-20-18(11-14)22-15-3-1-4-15/h2,5-8,11,13,15-17,25H,1,3-4,9-10,12H2,(H,20,22)(H,23,26)/t13?,16-,17-/m1/s1. The molecule has 0 spiro atoms. The third-order valence-electron chi connectivity index (χ3n) is 5.43. The lowest BCUT2D eigenvalue weighted by molar-refractivity contribution is 0.0872. The molecule has 0 aliphatic heterocycles. The van der Waals surface area contributed by atoms with Crippen LogP contribution in [0, 0.1) is 5.92 Å². The fraction of sp³-hybridized carbons (Fsp3) is 0.526. The van der Waals surface area contributed by atoms with Crippen LogP contribution in [0.2, 0.25) is 0 Å². The Kier molecular flexibility index (Phi) is 4.88. The van der Waals surface area contributed by atoms with E-state index in [0.717, 1.165) is 31.6 Å². The summed E-state index contributed by atoms with van der Waals surface area (Å²) in [6, 6.07) is 5.64. The van der Waals surface area contributed by atoms with Gasteiger partial charge in [0.1, 0.15) is 5.82 Å². The molecule has 3 atom stereocenters. The minimum Gasteiger partial charge on any atom is -0.391 e. The molecule has 2 aliphatic carbocycles. The summed E-state index contributed by atoms with van der Waals surface area (Å²) in [5.74, 6) is 0.891. The molecule has 0 radical (unpaired) electrons. The first-order chi connectivity index (χ1) is 12.7. The van der Waals surface area contributed by atoms with E-state index in [-0.39, 0.29) is 11.9 Å². The third-order valence-corrected chi connectivity index (χ3v) is 5.43. The highest BCUT2D eigenvalue weighted by Gasteiger charge is 2.34. The number of aliphatic hydroxyl groups is 1. The predicted octanol–water partition coefficient (Wildman–Crippen LogP) is 1.81. The molecule has 1 unspecified atom stereocenters. The summed E-state index contributed by atoms with van der Waals surface area (Å²) in [5.41, 5.74) is 0.574. The van der Waals surface area contributed by atoms with Crippen LogP contribution < -0.4 is 10.6 Å². The van der Waals surface area contributed by atoms with Crippen LogP contribution >= 0.6 is 0 Å². The quantitative estimate of drug-likeness (QED) is 0.735. The predicted molar refractivity (Wildman–Crippen MR) is 97.7 cm³/mol. The smallest absolute Gasteiger partial charge is 0.251 e. The molecule has 7 heteroatoms. The van der Waals surface area contributed by atoms with Crippen LogP contribution in [0.25, 0.3) is 0 Å². The zero-order valence-electron chi connectivity index (χ0n) is 14.7. The molecular formula is C19H25N5O2. The average Bonchev–Trinajstić information content (AvgIpc) is 3.22. The summed E-state index contributed by atoms with van der Waals surface area (Å²) in [7, 11) is 0. The van der Waals surface area contributed by atoms with Crippen molar-refractivity contribution in [1.82, 2.24) is 20.1 Å². The molecule has 0 aromatic carbocycles. The number of pyridine rings is 1. The van der Waals surface area contributed by atoms with Crippen molar-refractivity contribution in [2.45, 2.75) is 56.8 Å². The van der Waals surface area contributed by atoms with Crippen molar-refractivity contribution >= 4 is 11.7 Å². The Bertz CT molecular complexity index is 744. The van der Waals surface area contributed by atoms with Gasteiger partial charge in [-0.1, -0.05) is 0 Å². The molecule has 7 nitrogen and oxygen atoms in total. The van der Waals surface area contributed by atoms with Crippen molar-refractivity contribution in [3.05, 3.63) is 42.4 Å². The second-order valence-corrected chi connectivity index (χ2v) is 7.41. The van der Waals surface area contributed by atoms with E-state index in [1.54, 1.807) is 24.5 Å². The van der Waals surface area contributed by atoms with E-state index < -0.39 is 6.10 Å². The number of anilines is 1. The number of nitrogens with one attached hydrogen (secondary N) is 2. The number of hydrogen-bond donors (Lipinski definition) is 3. The number of rotatable bonds is 6. The molecule has 2 aromatic rings. The van der Waals surface area contributed by atoms with Crippen LogP contribution in [0.4, 0.5) is 5.82 Å². The van der Waals surface area contributed by atoms with E-state index in [1.165, 1.54) is 6.42 Å². The Morgan fingerprint density at radius 2 is 2.19 bits per heavy atom. The van der Waals surface area contributed by atoms with Crippen molar-refractivity contribution in [3.8, 4) is 0 Å². The monoisotopic (exact) mass is 355 g/mol. The van der Waals surface area contributed by atoms with Crippen LogP contribution in [-0.2, 0) is 6.54 Å². The van der Waals surface area contributed by atoms with Crippen molar-refractivity contribution in [2.75, 3.05) is 5.32 Å². The SMILES string of the molecule is O=C(N[C@@H]1CC(Cn2cccn2)C[C@H]1O)c1ccnc(NC2CCC2)c1. The number of aliphatic hydroxyl groups excluding tert-OH is 1. The number of carbonyl (C=O) groups excluding carboxylic acids is 1. The first-order valence-corrected chi connectivity index (χ1v) is 9.36. The molecule has 0 saturated heterocycles. The normalized spacial score (nSPS) is 25.7. The van der Waals surface area contributed by atoms with Crippen molar-refractivity contribution in [2.24, 2.45) is 5.92 Å². The van der Waals surface area contributed by atoms with Crippen molar-refractivity contribution < 1.29 is 9.90 Å². The van der Waals surface area contributed by atoms with Gasteiger partial charge in [0.15, 0.2) is 0 Å². The second-order valence-electron chi connectivity index (χ2n) is 7.41. The van der Waals surface area contributed by atoms with Crippen LogP contribution in [0.15, 0.2) is 36.8 Å². The Morgan fingerprint density at radius 3 is 2.92 bits per heavy atom. The molecule has 4 rings (SSSR count). The molecule has 26 heavy (non-hydrogen) atoms. The second kappa shape index (κ2) is 7.45. The molecule has 2 fully saturated rings. The third kappa shape index (κ3) is 3.88. The van der Waals surface area contributed by atoms with Crippen molar-refractivity contribution in [1.29, 1.82) is 0 Å². The van der Waals surface area contributed by atoms with Gasteiger partial charge in [0.25, 0.3) is 5.91 Å². The lowest BCUT2D eigenvalue weighted by Gasteiger charge is -2.27. The van der Waals surface area contributed by atoms with Gasteiger partial charge in [-0.2, -0.15) is 5.10 Å². The highest BCUT2D eigenvalue weighted by atomic mass is 16.3. The van der Waals surface area contributed by atoms with Gasteiger partial charge < -0.3 is 15.7 Å². The zero-order chi connectivity index (χ0) is 17.9. The molecule has 2 saturated carbocycles. The van der Waals surface area contributed by atoms with E-state index >= 15 is 0 Å². The fourth-order valence-electron chi connectivity index (χ4n) is 3.76. The van der Waals surface area contributed by atoms with Crippen LogP contribution in [0.1, 0.15) is 42.5 Å². The summed E-state index contributed by atoms with van der Waals surface area (Å²) in [4.78, 5) is 16.9. The number of aromatic nitrogens is 3. The first kappa shape index (κ1) is 17.0. The lowest BCUT2D eigenvalue weighted by Crippen LogP contribution is -2.40. The van der Waals surface area contributed by atoms with Gasteiger partial charge in [0, 0.05) is 36.7 Å². The maximum Gasteiger partial charge on any atom is 0.251 e. The van der Waals surface area contributed by atoms with Crippen molar-refractivity contribution in [3.63, 3.8) is 0 Å². The molecule has 2 aromatic heterocycles. The fourth-order valence-corrected chi connectivity index (χ4v) is 3.76. The summed E-state index contributed by atoms with van der Waals surface area (Å²) in [5, 5.41) is 20.9. The Balaban J connectivity index is 1.34. The average molecular weight is 355 g/mol. The summed E-state index contributed by atoms with van der Waals surface area (Å²) >= 11 is 0. The van der Waals surface area contributed by atoms with Crippen LogP contribution in [0.3, 0.4) is 0 Å². The number of nitrogens with zero attached hydrogens (tertiary/aromatic N) is 3. The van der Waals surface area contributed by atoms with Gasteiger partial charge in [0.2, 0.25) is 0 Å². The summed E-state index contributed by atoms with van der Waals surface area (Å²) in [6.45, 7) is 0.765. The number of amides is 1. The van der Waals surface area contributed by atoms with E-state index in [4.69, 9.17) is 0 Å². The minimum atomic E-state index is -0.520. The van der Waals surface area contributed by atoms with Crippen LogP contribution in [0.5, 0.6) is 0 Å². The minimum absolute atomic E-state index is 0.159. The lowest BCUT2D eigenvalue weighted by atomic mass is 9.93. The maximum absolute atomic E-state index is 12.6. The van der Waals surface area contributed by atoms with E-state index in [0.29, 0.717) is 23.9 Å². The van der Waals surface area contributed by atoms with Gasteiger partial charge >= 0.3 is 0 Å². The van der Waals surface area contributed by atoms with Gasteiger partial charge in [-0.05, 0) is 56.2 Å². The molecule has 2 aliphatic rings. The molecule has 0 bridgehead atoms. The highest BCUT2D eigenvalue weighted by Crippen LogP contribution is 2.28. The summed E-state index contributed by atoms with van der Waals surface area (Å²) < 4.78 is 1.88. The molecular weight excluding hydrogens is 330 g/mol. The Hall–Kier alpha value is -2.41. The van der Waals surface area contributed by atoms with Gasteiger partial charge in [-0.3, -0.25) is 9.48 Å². The highest BCUT2D eigenvalue weighted by molar-refractivity contribution is 5.95. The van der Waals surface area contributed by atoms with Gasteiger partial charge in [-0.25, -0.2) is 4.98 Å². The topological polar surface area (TPSA) is 92.1 Å².